The number of rotatable bonds is 7. The molecule has 28 heavy (non-hydrogen) atoms. The third kappa shape index (κ3) is 5.06. The summed E-state index contributed by atoms with van der Waals surface area (Å²) in [7, 11) is 0. The van der Waals surface area contributed by atoms with Gasteiger partial charge in [-0.25, -0.2) is 0 Å². The zero-order valence-electron chi connectivity index (χ0n) is 16.1. The van der Waals surface area contributed by atoms with Crippen LogP contribution in [0.5, 0.6) is 0 Å². The van der Waals surface area contributed by atoms with Crippen molar-refractivity contribution in [2.75, 3.05) is 5.32 Å². The van der Waals surface area contributed by atoms with Crippen LogP contribution in [0.2, 0.25) is 0 Å². The summed E-state index contributed by atoms with van der Waals surface area (Å²) in [5.41, 5.74) is 3.16. The van der Waals surface area contributed by atoms with Gasteiger partial charge in [-0.1, -0.05) is 17.3 Å². The van der Waals surface area contributed by atoms with Crippen molar-refractivity contribution in [3.05, 3.63) is 46.7 Å². The summed E-state index contributed by atoms with van der Waals surface area (Å²) in [4.78, 5) is 36.4. The number of hydrogen-bond acceptors (Lipinski definition) is 6. The smallest absolute Gasteiger partial charge is 0.307 e. The second kappa shape index (κ2) is 8.82. The van der Waals surface area contributed by atoms with Gasteiger partial charge >= 0.3 is 5.97 Å². The van der Waals surface area contributed by atoms with Crippen molar-refractivity contribution in [3.8, 4) is 0 Å². The van der Waals surface area contributed by atoms with Crippen LogP contribution >= 0.6 is 0 Å². The molecule has 0 fully saturated rings. The Balaban J connectivity index is 1.46. The monoisotopic (exact) mass is 384 g/mol. The number of amides is 1. The normalized spacial score (nSPS) is 14.1. The van der Waals surface area contributed by atoms with Gasteiger partial charge in [0.1, 0.15) is 5.76 Å². The lowest BCUT2D eigenvalue weighted by Gasteiger charge is -2.16. The predicted octanol–water partition coefficient (Wildman–Crippen LogP) is 3.40. The summed E-state index contributed by atoms with van der Waals surface area (Å²) in [6, 6.07) is 7.34. The number of ketones is 1. The maximum absolute atomic E-state index is 12.4. The average Bonchev–Trinajstić information content (AvgIpc) is 3.10. The van der Waals surface area contributed by atoms with Crippen LogP contribution in [0.25, 0.3) is 0 Å². The number of benzene rings is 1. The first-order chi connectivity index (χ1) is 13.4. The minimum absolute atomic E-state index is 0.0500. The first-order valence-corrected chi connectivity index (χ1v) is 9.51. The van der Waals surface area contributed by atoms with Crippen LogP contribution in [-0.2, 0) is 27.2 Å². The van der Waals surface area contributed by atoms with Crippen LogP contribution in [0.4, 0.5) is 5.82 Å². The largest absolute Gasteiger partial charge is 0.453 e. The number of aryl methyl sites for hydroxylation is 3. The highest BCUT2D eigenvalue weighted by atomic mass is 16.5. The molecule has 0 aliphatic heterocycles. The molecular formula is C21H24N2O5. The van der Waals surface area contributed by atoms with Crippen molar-refractivity contribution in [1.82, 2.24) is 5.16 Å². The molecule has 1 atom stereocenters. The van der Waals surface area contributed by atoms with E-state index in [0.29, 0.717) is 11.3 Å². The minimum Gasteiger partial charge on any atom is -0.453 e. The third-order valence-corrected chi connectivity index (χ3v) is 4.78. The van der Waals surface area contributed by atoms with Gasteiger partial charge < -0.3 is 14.6 Å². The Morgan fingerprint density at radius 3 is 2.61 bits per heavy atom. The Kier molecular flexibility index (Phi) is 6.23. The van der Waals surface area contributed by atoms with E-state index in [2.05, 4.69) is 10.5 Å². The van der Waals surface area contributed by atoms with Crippen molar-refractivity contribution in [3.63, 3.8) is 0 Å². The first kappa shape index (κ1) is 19.8. The summed E-state index contributed by atoms with van der Waals surface area (Å²) in [5.74, 6) is -0.387. The highest BCUT2D eigenvalue weighted by molar-refractivity contribution is 5.98. The van der Waals surface area contributed by atoms with E-state index < -0.39 is 18.0 Å². The van der Waals surface area contributed by atoms with Gasteiger partial charge in [0, 0.05) is 18.1 Å². The Hall–Kier alpha value is -2.96. The number of fused-ring (bicyclic) bond motifs is 1. The topological polar surface area (TPSA) is 98.5 Å². The van der Waals surface area contributed by atoms with Crippen LogP contribution in [0, 0.1) is 6.92 Å². The maximum atomic E-state index is 12.4. The molecule has 2 aromatic rings. The van der Waals surface area contributed by atoms with Crippen LogP contribution in [-0.4, -0.2) is 28.9 Å². The van der Waals surface area contributed by atoms with E-state index in [1.807, 2.05) is 18.2 Å². The summed E-state index contributed by atoms with van der Waals surface area (Å²) < 4.78 is 9.96. The SMILES string of the molecule is Cc1cc(NC(=O)C(C)OC(=O)CCC(=O)c2ccc3c(c2)CCCC3)no1. The summed E-state index contributed by atoms with van der Waals surface area (Å²) in [6.45, 7) is 3.16. The zero-order chi connectivity index (χ0) is 20.1. The summed E-state index contributed by atoms with van der Waals surface area (Å²) in [6.07, 6.45) is 3.37. The Bertz CT molecular complexity index is 887. The Labute approximate surface area is 163 Å². The van der Waals surface area contributed by atoms with Gasteiger partial charge in [0.2, 0.25) is 0 Å². The highest BCUT2D eigenvalue weighted by Crippen LogP contribution is 2.23. The van der Waals surface area contributed by atoms with E-state index in [-0.39, 0.29) is 24.4 Å². The van der Waals surface area contributed by atoms with Gasteiger partial charge in [0.15, 0.2) is 17.7 Å². The molecule has 1 aliphatic carbocycles. The number of esters is 1. The van der Waals surface area contributed by atoms with Gasteiger partial charge in [0.25, 0.3) is 5.91 Å². The summed E-state index contributed by atoms with van der Waals surface area (Å²) >= 11 is 0. The summed E-state index contributed by atoms with van der Waals surface area (Å²) in [5, 5.41) is 6.15. The van der Waals surface area contributed by atoms with Gasteiger partial charge in [-0.15, -0.1) is 0 Å². The number of hydrogen-bond donors (Lipinski definition) is 1. The molecule has 1 aromatic heterocycles. The van der Waals surface area contributed by atoms with Gasteiger partial charge in [-0.05, 0) is 56.7 Å². The maximum Gasteiger partial charge on any atom is 0.307 e. The number of aromatic nitrogens is 1. The third-order valence-electron chi connectivity index (χ3n) is 4.78. The Morgan fingerprint density at radius 2 is 1.89 bits per heavy atom. The highest BCUT2D eigenvalue weighted by Gasteiger charge is 2.20. The molecule has 1 heterocycles. The van der Waals surface area contributed by atoms with E-state index in [1.54, 1.807) is 13.0 Å². The van der Waals surface area contributed by atoms with Crippen LogP contribution in [0.3, 0.4) is 0 Å². The molecule has 1 aliphatic rings. The first-order valence-electron chi connectivity index (χ1n) is 9.51. The second-order valence-electron chi connectivity index (χ2n) is 7.06. The lowest BCUT2D eigenvalue weighted by atomic mass is 9.89. The van der Waals surface area contributed by atoms with Crippen LogP contribution in [0.15, 0.2) is 28.8 Å². The number of carbonyl (C=O) groups is 3. The van der Waals surface area contributed by atoms with Gasteiger partial charge in [-0.2, -0.15) is 0 Å². The quantitative estimate of drug-likeness (QED) is 0.580. The van der Waals surface area contributed by atoms with Crippen LogP contribution < -0.4 is 5.32 Å². The molecule has 1 amide bonds. The van der Waals surface area contributed by atoms with E-state index in [4.69, 9.17) is 9.26 Å². The molecule has 1 N–H and O–H groups in total. The minimum atomic E-state index is -0.997. The average molecular weight is 384 g/mol. The fourth-order valence-corrected chi connectivity index (χ4v) is 3.23. The lowest BCUT2D eigenvalue weighted by Crippen LogP contribution is -2.30. The standard InChI is InChI=1S/C21H24N2O5/c1-13-11-19(23-28-13)22-21(26)14(2)27-20(25)10-9-18(24)17-8-7-15-5-3-4-6-16(15)12-17/h7-8,11-12,14H,3-6,9-10H2,1-2H3,(H,22,23,26). The zero-order valence-corrected chi connectivity index (χ0v) is 16.1. The van der Waals surface area contributed by atoms with Crippen molar-refractivity contribution < 1.29 is 23.6 Å². The second-order valence-corrected chi connectivity index (χ2v) is 7.06. The number of ether oxygens (including phenoxy) is 1. The number of carbonyl (C=O) groups excluding carboxylic acids is 3. The van der Waals surface area contributed by atoms with E-state index in [0.717, 1.165) is 19.3 Å². The van der Waals surface area contributed by atoms with E-state index in [9.17, 15) is 14.4 Å². The molecule has 7 heteroatoms. The number of nitrogens with one attached hydrogen (secondary N) is 1. The Morgan fingerprint density at radius 1 is 1.14 bits per heavy atom. The molecule has 3 rings (SSSR count). The predicted molar refractivity (Wildman–Crippen MR) is 102 cm³/mol. The molecule has 0 bridgehead atoms. The fourth-order valence-electron chi connectivity index (χ4n) is 3.23. The number of Topliss-reactive ketones (excluding diaryl/α,β-unsaturated/α-hetero) is 1. The molecule has 0 spiro atoms. The molecule has 0 saturated heterocycles. The molecule has 0 radical (unpaired) electrons. The van der Waals surface area contributed by atoms with E-state index in [1.165, 1.54) is 24.5 Å². The van der Waals surface area contributed by atoms with Crippen LogP contribution in [0.1, 0.15) is 59.9 Å². The molecule has 1 aromatic carbocycles. The van der Waals surface area contributed by atoms with Crippen molar-refractivity contribution in [1.29, 1.82) is 0 Å². The molecular weight excluding hydrogens is 360 g/mol. The number of nitrogens with zero attached hydrogens (tertiary/aromatic N) is 1. The van der Waals surface area contributed by atoms with E-state index >= 15 is 0 Å². The molecule has 1 unspecified atom stereocenters. The number of anilines is 1. The molecule has 7 nitrogen and oxygen atoms in total. The molecule has 0 saturated carbocycles. The molecule has 148 valence electrons. The van der Waals surface area contributed by atoms with Gasteiger partial charge in [-0.3, -0.25) is 14.4 Å². The fraction of sp³-hybridized carbons (Fsp3) is 0.429. The van der Waals surface area contributed by atoms with Gasteiger partial charge in [0.05, 0.1) is 6.42 Å². The van der Waals surface area contributed by atoms with Crippen molar-refractivity contribution in [2.24, 2.45) is 0 Å². The van der Waals surface area contributed by atoms with Crippen molar-refractivity contribution in [2.45, 2.75) is 58.5 Å². The van der Waals surface area contributed by atoms with Crippen molar-refractivity contribution >= 4 is 23.5 Å². The lowest BCUT2D eigenvalue weighted by molar-refractivity contribution is -0.153.